The Bertz CT molecular complexity index is 2470. The molecule has 3 aliphatic rings. The Hall–Kier alpha value is -5.32. The molecule has 0 aromatic heterocycles. The van der Waals surface area contributed by atoms with Crippen LogP contribution < -0.4 is 10.6 Å². The van der Waals surface area contributed by atoms with E-state index in [1.54, 1.807) is 69.2 Å². The number of benzene rings is 2. The number of hydrogen-bond donors (Lipinski definition) is 2. The third-order valence-corrected chi connectivity index (χ3v) is 15.6. The average molecular weight is 1050 g/mol. The van der Waals surface area contributed by atoms with Gasteiger partial charge in [-0.15, -0.1) is 0 Å². The quantitative estimate of drug-likeness (QED) is 0.0484. The van der Waals surface area contributed by atoms with Crippen molar-refractivity contribution in [3.05, 3.63) is 58.7 Å². The molecule has 0 bridgehead atoms. The largest absolute Gasteiger partial charge is 0.444 e. The molecule has 0 spiro atoms. The molecule has 22 heteroatoms. The Morgan fingerprint density at radius 1 is 0.569 bits per heavy atom. The van der Waals surface area contributed by atoms with Crippen molar-refractivity contribution in [1.29, 1.82) is 0 Å². The van der Waals surface area contributed by atoms with E-state index in [2.05, 4.69) is 20.9 Å². The summed E-state index contributed by atoms with van der Waals surface area (Å²) >= 11 is 0. The number of rotatable bonds is 16. The van der Waals surface area contributed by atoms with Gasteiger partial charge in [-0.05, 0) is 114 Å². The van der Waals surface area contributed by atoms with E-state index < -0.39 is 92.9 Å². The van der Waals surface area contributed by atoms with Crippen molar-refractivity contribution in [1.82, 2.24) is 19.2 Å². The number of amides is 2. The monoisotopic (exact) mass is 1050 g/mol. The number of carbonyl (C=O) groups is 4. The van der Waals surface area contributed by atoms with Gasteiger partial charge < -0.3 is 39.3 Å². The van der Waals surface area contributed by atoms with Crippen LogP contribution in [0.1, 0.15) is 132 Å². The van der Waals surface area contributed by atoms with Crippen LogP contribution in [0.4, 0.5) is 9.59 Å². The highest BCUT2D eigenvalue weighted by atomic mass is 32.2. The molecule has 2 saturated heterocycles. The molecule has 2 N–H and O–H groups in total. The second-order valence-electron chi connectivity index (χ2n) is 22.0. The lowest BCUT2D eigenvalue weighted by atomic mass is 9.83. The number of sulfonamides is 2. The Kier molecular flexibility index (Phi) is 18.6. The molecule has 5 rings (SSSR count). The predicted molar refractivity (Wildman–Crippen MR) is 268 cm³/mol. The van der Waals surface area contributed by atoms with Crippen molar-refractivity contribution < 1.29 is 64.6 Å². The number of nitrogens with one attached hydrogen (secondary N) is 2. The standard InChI is InChI=1S/C50H74N6O14S2/c1-29(2)41(51-47(59)69-49(9,10)11)45(57)65-27-67-53-43-37-17-15-35(71(61,62)55-23-31(5)19-32(6)24-55)21-39(37)44(54-68-28-66-46(58)42(30(3)4)52-48(60)70-50(12,13)14)40-22-36(16-18-38(40)43)72(63,64)56-25-33(7)20-34(8)26-56/h15-18,21-22,29-34,41-42H,19-20,23-28H2,1-14H3,(H,51,59)(H,52,60)/t31-,32+,33-,34+,41?,42?. The van der Waals surface area contributed by atoms with Crippen molar-refractivity contribution >= 4 is 55.6 Å². The number of hydrogen-bond acceptors (Lipinski definition) is 16. The van der Waals surface area contributed by atoms with Crippen LogP contribution in [0.3, 0.4) is 0 Å². The first-order chi connectivity index (χ1) is 33.4. The Morgan fingerprint density at radius 3 is 1.19 bits per heavy atom. The van der Waals surface area contributed by atoms with E-state index in [-0.39, 0.29) is 67.1 Å². The van der Waals surface area contributed by atoms with Crippen LogP contribution in [-0.2, 0) is 58.3 Å². The highest BCUT2D eigenvalue weighted by Crippen LogP contribution is 2.36. The first-order valence-corrected chi connectivity index (χ1v) is 27.3. The van der Waals surface area contributed by atoms with Crippen molar-refractivity contribution in [3.63, 3.8) is 0 Å². The second-order valence-corrected chi connectivity index (χ2v) is 25.9. The zero-order chi connectivity index (χ0) is 53.7. The van der Waals surface area contributed by atoms with Crippen LogP contribution in [0.2, 0.25) is 0 Å². The molecule has 2 aromatic rings. The molecule has 2 aliphatic heterocycles. The van der Waals surface area contributed by atoms with Crippen molar-refractivity contribution in [3.8, 4) is 0 Å². The number of piperidine rings is 2. The Morgan fingerprint density at radius 2 is 0.889 bits per heavy atom. The van der Waals surface area contributed by atoms with Crippen LogP contribution in [0.25, 0.3) is 0 Å². The van der Waals surface area contributed by atoms with Crippen LogP contribution in [0.5, 0.6) is 0 Å². The van der Waals surface area contributed by atoms with E-state index in [1.807, 2.05) is 27.7 Å². The maximum Gasteiger partial charge on any atom is 0.408 e. The fraction of sp³-hybridized carbons (Fsp3) is 0.640. The van der Waals surface area contributed by atoms with Gasteiger partial charge in [0, 0.05) is 48.4 Å². The van der Waals surface area contributed by atoms with Gasteiger partial charge in [-0.2, -0.15) is 8.61 Å². The van der Waals surface area contributed by atoms with Gasteiger partial charge in [-0.1, -0.05) is 77.8 Å². The number of nitrogens with zero attached hydrogens (tertiary/aromatic N) is 4. The van der Waals surface area contributed by atoms with Gasteiger partial charge in [-0.25, -0.2) is 36.0 Å². The predicted octanol–water partition coefficient (Wildman–Crippen LogP) is 6.97. The fourth-order valence-electron chi connectivity index (χ4n) is 8.96. The molecule has 2 heterocycles. The molecule has 72 heavy (non-hydrogen) atoms. The molecule has 0 saturated carbocycles. The molecule has 1 aliphatic carbocycles. The van der Waals surface area contributed by atoms with Crippen molar-refractivity contribution in [2.24, 2.45) is 45.8 Å². The fourth-order valence-corrected chi connectivity index (χ4v) is 12.4. The number of ether oxygens (including phenoxy) is 4. The Balaban J connectivity index is 1.59. The molecule has 2 fully saturated rings. The number of alkyl carbamates (subject to hydrolysis) is 2. The molecule has 0 radical (unpaired) electrons. The first-order valence-electron chi connectivity index (χ1n) is 24.4. The van der Waals surface area contributed by atoms with Crippen molar-refractivity contribution in [2.45, 2.75) is 143 Å². The van der Waals surface area contributed by atoms with Gasteiger partial charge >= 0.3 is 24.1 Å². The number of esters is 2. The summed E-state index contributed by atoms with van der Waals surface area (Å²) in [6.45, 7) is 24.6. The lowest BCUT2D eigenvalue weighted by Gasteiger charge is -2.34. The minimum atomic E-state index is -4.12. The molecule has 6 atom stereocenters. The summed E-state index contributed by atoms with van der Waals surface area (Å²) in [5.74, 6) is -2.16. The minimum absolute atomic E-state index is 0.0310. The maximum absolute atomic E-state index is 14.5. The summed E-state index contributed by atoms with van der Waals surface area (Å²) in [7, 11) is -8.25. The summed E-state index contributed by atoms with van der Waals surface area (Å²) < 4.78 is 82.3. The van der Waals surface area contributed by atoms with E-state index in [1.165, 1.54) is 45.0 Å². The summed E-state index contributed by atoms with van der Waals surface area (Å²) in [5.41, 5.74) is -0.783. The van der Waals surface area contributed by atoms with Gasteiger partial charge in [0.1, 0.15) is 34.7 Å². The van der Waals surface area contributed by atoms with Gasteiger partial charge in [-0.3, -0.25) is 0 Å². The number of fused-ring (bicyclic) bond motifs is 2. The van der Waals surface area contributed by atoms with Crippen LogP contribution in [-0.4, -0.2) is 124 Å². The normalized spacial score (nSPS) is 20.8. The minimum Gasteiger partial charge on any atom is -0.444 e. The summed E-state index contributed by atoms with van der Waals surface area (Å²) in [5, 5.41) is 13.9. The summed E-state index contributed by atoms with van der Waals surface area (Å²) in [4.78, 5) is 63.0. The van der Waals surface area contributed by atoms with Crippen LogP contribution in [0, 0.1) is 35.5 Å². The molecule has 2 aromatic carbocycles. The second kappa shape index (κ2) is 23.3. The third-order valence-electron chi connectivity index (χ3n) is 12.0. The van der Waals surface area contributed by atoms with E-state index >= 15 is 0 Å². The zero-order valence-corrected chi connectivity index (χ0v) is 45.7. The van der Waals surface area contributed by atoms with E-state index in [4.69, 9.17) is 28.6 Å². The van der Waals surface area contributed by atoms with E-state index in [9.17, 15) is 36.0 Å². The van der Waals surface area contributed by atoms with Crippen molar-refractivity contribution in [2.75, 3.05) is 39.8 Å². The molecular weight excluding hydrogens is 973 g/mol. The van der Waals surface area contributed by atoms with E-state index in [0.717, 1.165) is 12.8 Å². The van der Waals surface area contributed by atoms with Crippen LogP contribution >= 0.6 is 0 Å². The lowest BCUT2D eigenvalue weighted by Crippen LogP contribution is -2.47. The molecule has 2 unspecified atom stereocenters. The zero-order valence-electron chi connectivity index (χ0n) is 44.1. The molecule has 20 nitrogen and oxygen atoms in total. The summed E-state index contributed by atoms with van der Waals surface area (Å²) in [6.07, 6.45) is 0.0621. The van der Waals surface area contributed by atoms with E-state index in [0.29, 0.717) is 26.2 Å². The maximum atomic E-state index is 14.5. The van der Waals surface area contributed by atoms with Gasteiger partial charge in [0.05, 0.1) is 9.79 Å². The van der Waals surface area contributed by atoms with Gasteiger partial charge in [0.25, 0.3) is 13.6 Å². The molecule has 2 amide bonds. The smallest absolute Gasteiger partial charge is 0.408 e. The lowest BCUT2D eigenvalue weighted by molar-refractivity contribution is -0.160. The molecule has 400 valence electrons. The highest BCUT2D eigenvalue weighted by Gasteiger charge is 2.38. The average Bonchev–Trinajstić information content (AvgIpc) is 3.25. The topological polar surface area (TPSA) is 247 Å². The van der Waals surface area contributed by atoms with Crippen LogP contribution in [0.15, 0.2) is 56.5 Å². The number of carbonyl (C=O) groups excluding carboxylic acids is 4. The third kappa shape index (κ3) is 14.9. The number of oxime groups is 2. The van der Waals surface area contributed by atoms with Gasteiger partial charge in [0.15, 0.2) is 0 Å². The highest BCUT2D eigenvalue weighted by molar-refractivity contribution is 7.89. The SMILES string of the molecule is CC(C)C(NC(=O)OC(C)(C)C)C(=O)OCON=C1c2ccc(S(=O)(=O)N3C[C@H](C)C[C@H](C)C3)cc2C(=NOCOC(=O)C(NC(=O)OC(C)(C)C)C(C)C)c2cc(S(=O)(=O)N3C[C@H](C)C[C@H](C)C3)ccc21. The summed E-state index contributed by atoms with van der Waals surface area (Å²) in [6, 6.07) is 6.43. The molecular formula is C50H74N6O14S2. The first kappa shape index (κ1) is 57.6. The Labute approximate surface area is 425 Å². The van der Waals surface area contributed by atoms with Gasteiger partial charge in [0.2, 0.25) is 20.0 Å².